The van der Waals surface area contributed by atoms with Crippen LogP contribution in [0.2, 0.25) is 0 Å². The van der Waals surface area contributed by atoms with Crippen LogP contribution in [0.15, 0.2) is 0 Å². The Bertz CT molecular complexity index is 261. The number of amidine groups is 1. The van der Waals surface area contributed by atoms with Crippen molar-refractivity contribution in [2.75, 3.05) is 26.2 Å². The number of amides is 2. The fourth-order valence-corrected chi connectivity index (χ4v) is 1.88. The SMILES string of the molecule is CCN(CC(C)C(=N)N)C(=O)N1CCCC1. The van der Waals surface area contributed by atoms with Crippen molar-refractivity contribution in [3.8, 4) is 0 Å². The summed E-state index contributed by atoms with van der Waals surface area (Å²) in [5.74, 6) is 0.0826. The molecule has 5 nitrogen and oxygen atoms in total. The maximum atomic E-state index is 12.1. The first-order valence-electron chi connectivity index (χ1n) is 5.94. The number of likely N-dealkylation sites (tertiary alicyclic amines) is 1. The Morgan fingerprint density at radius 2 is 2.06 bits per heavy atom. The van der Waals surface area contributed by atoms with Crippen molar-refractivity contribution >= 4 is 11.9 Å². The molecule has 1 rings (SSSR count). The quantitative estimate of drug-likeness (QED) is 0.556. The monoisotopic (exact) mass is 226 g/mol. The normalized spacial score (nSPS) is 17.2. The first kappa shape index (κ1) is 12.8. The molecule has 0 aromatic carbocycles. The standard InChI is InChI=1S/C11H22N4O/c1-3-14(8-9(2)10(12)13)11(16)15-6-4-5-7-15/h9H,3-8H2,1-2H3,(H3,12,13). The van der Waals surface area contributed by atoms with E-state index in [1.54, 1.807) is 4.90 Å². The Balaban J connectivity index is 2.52. The molecule has 5 heteroatoms. The summed E-state index contributed by atoms with van der Waals surface area (Å²) in [6.07, 6.45) is 2.21. The Labute approximate surface area is 97.1 Å². The minimum atomic E-state index is -0.0634. The molecule has 1 saturated heterocycles. The van der Waals surface area contributed by atoms with Crippen molar-refractivity contribution < 1.29 is 4.79 Å². The van der Waals surface area contributed by atoms with Crippen LogP contribution in [-0.2, 0) is 0 Å². The van der Waals surface area contributed by atoms with E-state index >= 15 is 0 Å². The van der Waals surface area contributed by atoms with Crippen LogP contribution in [0.4, 0.5) is 4.79 Å². The molecule has 1 atom stereocenters. The third kappa shape index (κ3) is 3.12. The highest BCUT2D eigenvalue weighted by Gasteiger charge is 2.24. The molecule has 1 aliphatic rings. The Hall–Kier alpha value is -1.26. The number of carbonyl (C=O) groups is 1. The summed E-state index contributed by atoms with van der Waals surface area (Å²) in [4.78, 5) is 15.7. The van der Waals surface area contributed by atoms with E-state index in [2.05, 4.69) is 0 Å². The number of hydrogen-bond acceptors (Lipinski definition) is 2. The van der Waals surface area contributed by atoms with Gasteiger partial charge in [0.05, 0.1) is 5.84 Å². The zero-order valence-electron chi connectivity index (χ0n) is 10.2. The predicted molar refractivity (Wildman–Crippen MR) is 64.5 cm³/mol. The Kier molecular flexibility index (Phi) is 4.58. The third-order valence-corrected chi connectivity index (χ3v) is 3.05. The zero-order chi connectivity index (χ0) is 12.1. The molecule has 0 aromatic rings. The second-order valence-corrected chi connectivity index (χ2v) is 4.37. The van der Waals surface area contributed by atoms with Crippen molar-refractivity contribution in [3.05, 3.63) is 0 Å². The van der Waals surface area contributed by atoms with Crippen molar-refractivity contribution in [1.29, 1.82) is 5.41 Å². The molecule has 2 amide bonds. The lowest BCUT2D eigenvalue weighted by atomic mass is 10.1. The molecular weight excluding hydrogens is 204 g/mol. The summed E-state index contributed by atoms with van der Waals surface area (Å²) in [7, 11) is 0. The van der Waals surface area contributed by atoms with Crippen molar-refractivity contribution in [2.24, 2.45) is 11.7 Å². The van der Waals surface area contributed by atoms with Crippen LogP contribution in [0.5, 0.6) is 0 Å². The van der Waals surface area contributed by atoms with E-state index in [1.165, 1.54) is 0 Å². The average molecular weight is 226 g/mol. The number of hydrogen-bond donors (Lipinski definition) is 2. The molecule has 0 radical (unpaired) electrons. The third-order valence-electron chi connectivity index (χ3n) is 3.05. The van der Waals surface area contributed by atoms with Gasteiger partial charge in [0, 0.05) is 32.1 Å². The van der Waals surface area contributed by atoms with Gasteiger partial charge in [0.2, 0.25) is 0 Å². The maximum absolute atomic E-state index is 12.1. The van der Waals surface area contributed by atoms with Gasteiger partial charge in [-0.25, -0.2) is 4.79 Å². The van der Waals surface area contributed by atoms with Crippen molar-refractivity contribution in [3.63, 3.8) is 0 Å². The van der Waals surface area contributed by atoms with Crippen molar-refractivity contribution in [2.45, 2.75) is 26.7 Å². The molecule has 1 aliphatic heterocycles. The van der Waals surface area contributed by atoms with E-state index in [0.717, 1.165) is 25.9 Å². The smallest absolute Gasteiger partial charge is 0.320 e. The van der Waals surface area contributed by atoms with E-state index in [-0.39, 0.29) is 17.8 Å². The molecule has 92 valence electrons. The highest BCUT2D eigenvalue weighted by atomic mass is 16.2. The number of nitrogens with zero attached hydrogens (tertiary/aromatic N) is 2. The van der Waals surface area contributed by atoms with Crippen LogP contribution < -0.4 is 5.73 Å². The van der Waals surface area contributed by atoms with Crippen molar-refractivity contribution in [1.82, 2.24) is 9.80 Å². The first-order valence-corrected chi connectivity index (χ1v) is 5.94. The van der Waals surface area contributed by atoms with Gasteiger partial charge in [-0.05, 0) is 19.8 Å². The molecule has 0 saturated carbocycles. The largest absolute Gasteiger partial charge is 0.387 e. The molecule has 16 heavy (non-hydrogen) atoms. The maximum Gasteiger partial charge on any atom is 0.320 e. The summed E-state index contributed by atoms with van der Waals surface area (Å²) in [5, 5.41) is 7.35. The van der Waals surface area contributed by atoms with E-state index in [1.807, 2.05) is 18.7 Å². The van der Waals surface area contributed by atoms with Gasteiger partial charge in [0.1, 0.15) is 0 Å². The molecular formula is C11H22N4O. The highest BCUT2D eigenvalue weighted by molar-refractivity contribution is 5.80. The minimum absolute atomic E-state index is 0.0634. The van der Waals surface area contributed by atoms with Gasteiger partial charge in [0.15, 0.2) is 0 Å². The summed E-state index contributed by atoms with van der Waals surface area (Å²) in [5.41, 5.74) is 5.42. The summed E-state index contributed by atoms with van der Waals surface area (Å²) in [6, 6.07) is 0.0908. The first-order chi connectivity index (χ1) is 7.56. The second-order valence-electron chi connectivity index (χ2n) is 4.37. The highest BCUT2D eigenvalue weighted by Crippen LogP contribution is 2.11. The topological polar surface area (TPSA) is 73.4 Å². The molecule has 0 spiro atoms. The van der Waals surface area contributed by atoms with E-state index in [0.29, 0.717) is 13.1 Å². The van der Waals surface area contributed by atoms with Gasteiger partial charge in [-0.15, -0.1) is 0 Å². The molecule has 0 aromatic heterocycles. The van der Waals surface area contributed by atoms with Gasteiger partial charge in [-0.2, -0.15) is 0 Å². The number of nitrogens with two attached hydrogens (primary N) is 1. The fraction of sp³-hybridized carbons (Fsp3) is 0.818. The summed E-state index contributed by atoms with van der Waals surface area (Å²) in [6.45, 7) is 6.78. The van der Waals surface area contributed by atoms with Crippen LogP contribution in [0, 0.1) is 11.3 Å². The molecule has 0 bridgehead atoms. The van der Waals surface area contributed by atoms with Crippen LogP contribution in [0.1, 0.15) is 26.7 Å². The van der Waals surface area contributed by atoms with Gasteiger partial charge >= 0.3 is 6.03 Å². The molecule has 3 N–H and O–H groups in total. The second kappa shape index (κ2) is 5.72. The van der Waals surface area contributed by atoms with Crippen LogP contribution >= 0.6 is 0 Å². The predicted octanol–water partition coefficient (Wildman–Crippen LogP) is 1.10. The lowest BCUT2D eigenvalue weighted by Gasteiger charge is -2.28. The Morgan fingerprint density at radius 1 is 1.50 bits per heavy atom. The fourth-order valence-electron chi connectivity index (χ4n) is 1.88. The lowest BCUT2D eigenvalue weighted by Crippen LogP contribution is -2.45. The zero-order valence-corrected chi connectivity index (χ0v) is 10.2. The van der Waals surface area contributed by atoms with Crippen LogP contribution in [-0.4, -0.2) is 47.8 Å². The van der Waals surface area contributed by atoms with Gasteiger partial charge in [-0.1, -0.05) is 6.92 Å². The average Bonchev–Trinajstić information content (AvgIpc) is 2.77. The Morgan fingerprint density at radius 3 is 2.50 bits per heavy atom. The molecule has 1 unspecified atom stereocenters. The molecule has 1 fully saturated rings. The molecule has 0 aliphatic carbocycles. The van der Waals surface area contributed by atoms with Crippen LogP contribution in [0.3, 0.4) is 0 Å². The summed E-state index contributed by atoms with van der Waals surface area (Å²) >= 11 is 0. The lowest BCUT2D eigenvalue weighted by molar-refractivity contribution is 0.162. The minimum Gasteiger partial charge on any atom is -0.387 e. The van der Waals surface area contributed by atoms with Gasteiger partial charge in [-0.3, -0.25) is 5.41 Å². The number of nitrogens with one attached hydrogen (secondary N) is 1. The number of rotatable bonds is 4. The van der Waals surface area contributed by atoms with E-state index in [4.69, 9.17) is 11.1 Å². The van der Waals surface area contributed by atoms with E-state index in [9.17, 15) is 4.79 Å². The van der Waals surface area contributed by atoms with E-state index < -0.39 is 0 Å². The van der Waals surface area contributed by atoms with Gasteiger partial charge in [0.25, 0.3) is 0 Å². The van der Waals surface area contributed by atoms with Gasteiger partial charge < -0.3 is 15.5 Å². The molecule has 1 heterocycles. The van der Waals surface area contributed by atoms with Crippen LogP contribution in [0.25, 0.3) is 0 Å². The number of carbonyl (C=O) groups excluding carboxylic acids is 1. The number of urea groups is 1. The summed E-state index contributed by atoms with van der Waals surface area (Å²) < 4.78 is 0.